The maximum atomic E-state index is 13.8. The number of ketones is 2. The van der Waals surface area contributed by atoms with E-state index in [1.54, 1.807) is 13.8 Å². The van der Waals surface area contributed by atoms with Crippen molar-refractivity contribution in [1.29, 1.82) is 0 Å². The van der Waals surface area contributed by atoms with E-state index in [4.69, 9.17) is 9.47 Å². The first-order valence-electron chi connectivity index (χ1n) is 11.0. The van der Waals surface area contributed by atoms with E-state index < -0.39 is 11.9 Å². The second kappa shape index (κ2) is 8.52. The van der Waals surface area contributed by atoms with Crippen molar-refractivity contribution < 1.29 is 28.7 Å². The monoisotopic (exact) mass is 470 g/mol. The first kappa shape index (κ1) is 24.8. The number of thiophene rings is 1. The fraction of sp³-hybridized carbons (Fsp3) is 0.462. The highest BCUT2D eigenvalue weighted by Crippen LogP contribution is 2.46. The first-order valence-corrected chi connectivity index (χ1v) is 11.8. The molecule has 7 heteroatoms. The lowest BCUT2D eigenvalue weighted by Gasteiger charge is -2.24. The lowest BCUT2D eigenvalue weighted by molar-refractivity contribution is 0.0478. The SMILES string of the molecule is CCOC(=O)c1cc2c(cc1C(=O)OCC)C(=O)c1c(C(C)(C)C)sc(C(C)(C)C)c1C2=O. The van der Waals surface area contributed by atoms with Crippen LogP contribution in [-0.2, 0) is 20.3 Å². The molecule has 1 aromatic carbocycles. The van der Waals surface area contributed by atoms with Crippen LogP contribution in [0.25, 0.3) is 0 Å². The fourth-order valence-electron chi connectivity index (χ4n) is 3.92. The van der Waals surface area contributed by atoms with Crippen molar-refractivity contribution in [1.82, 2.24) is 0 Å². The molecule has 1 aliphatic carbocycles. The molecule has 1 heterocycles. The van der Waals surface area contributed by atoms with Crippen LogP contribution in [0, 0.1) is 0 Å². The third-order valence-electron chi connectivity index (χ3n) is 5.36. The van der Waals surface area contributed by atoms with Gasteiger partial charge in [-0.05, 0) is 36.8 Å². The van der Waals surface area contributed by atoms with Crippen molar-refractivity contribution in [2.75, 3.05) is 13.2 Å². The predicted octanol–water partition coefficient (Wildman–Crippen LogP) is 5.47. The third kappa shape index (κ3) is 4.26. The molecule has 6 nitrogen and oxygen atoms in total. The van der Waals surface area contributed by atoms with E-state index in [-0.39, 0.29) is 57.9 Å². The molecule has 0 N–H and O–H groups in total. The number of carbonyl (C=O) groups excluding carboxylic acids is 4. The minimum atomic E-state index is -0.744. The number of esters is 2. The number of rotatable bonds is 4. The second-order valence-corrected chi connectivity index (χ2v) is 11.1. The summed E-state index contributed by atoms with van der Waals surface area (Å²) in [6, 6.07) is 2.62. The molecule has 0 atom stereocenters. The minimum Gasteiger partial charge on any atom is -0.462 e. The average Bonchev–Trinajstić information content (AvgIpc) is 3.13. The summed E-state index contributed by atoms with van der Waals surface area (Å²) in [4.78, 5) is 54.5. The number of hydrogen-bond acceptors (Lipinski definition) is 7. The van der Waals surface area contributed by atoms with Crippen LogP contribution in [0.5, 0.6) is 0 Å². The maximum absolute atomic E-state index is 13.8. The van der Waals surface area contributed by atoms with Gasteiger partial charge in [-0.15, -0.1) is 11.3 Å². The number of carbonyl (C=O) groups is 4. The van der Waals surface area contributed by atoms with E-state index in [2.05, 4.69) is 0 Å². The molecule has 0 saturated heterocycles. The molecule has 0 fully saturated rings. The Morgan fingerprint density at radius 2 is 1.06 bits per heavy atom. The average molecular weight is 471 g/mol. The quantitative estimate of drug-likeness (QED) is 0.470. The van der Waals surface area contributed by atoms with Gasteiger partial charge in [-0.3, -0.25) is 9.59 Å². The van der Waals surface area contributed by atoms with Crippen LogP contribution in [0.2, 0.25) is 0 Å². The van der Waals surface area contributed by atoms with Gasteiger partial charge in [0, 0.05) is 32.0 Å². The van der Waals surface area contributed by atoms with Crippen LogP contribution in [0.1, 0.15) is 118 Å². The van der Waals surface area contributed by atoms with Crippen LogP contribution in [0.15, 0.2) is 12.1 Å². The fourth-order valence-corrected chi connectivity index (χ4v) is 5.33. The number of fused-ring (bicyclic) bond motifs is 2. The largest absolute Gasteiger partial charge is 0.462 e. The van der Waals surface area contributed by atoms with Gasteiger partial charge in [-0.2, -0.15) is 0 Å². The molecule has 0 saturated carbocycles. The Kier molecular flexibility index (Phi) is 6.41. The van der Waals surface area contributed by atoms with E-state index in [0.29, 0.717) is 11.1 Å². The van der Waals surface area contributed by atoms with Gasteiger partial charge in [0.05, 0.1) is 24.3 Å². The van der Waals surface area contributed by atoms with E-state index in [9.17, 15) is 19.2 Å². The Morgan fingerprint density at radius 3 is 1.33 bits per heavy atom. The summed E-state index contributed by atoms with van der Waals surface area (Å²) in [6.07, 6.45) is 0. The summed E-state index contributed by atoms with van der Waals surface area (Å²) in [6.45, 7) is 15.5. The molecule has 33 heavy (non-hydrogen) atoms. The lowest BCUT2D eigenvalue weighted by atomic mass is 9.76. The van der Waals surface area contributed by atoms with Gasteiger partial charge in [-0.25, -0.2) is 9.59 Å². The molecular weight excluding hydrogens is 440 g/mol. The molecule has 3 rings (SSSR count). The summed E-state index contributed by atoms with van der Waals surface area (Å²) in [7, 11) is 0. The molecule has 1 aromatic heterocycles. The van der Waals surface area contributed by atoms with Crippen molar-refractivity contribution in [3.8, 4) is 0 Å². The van der Waals surface area contributed by atoms with E-state index in [1.807, 2.05) is 41.5 Å². The van der Waals surface area contributed by atoms with Crippen molar-refractivity contribution in [2.24, 2.45) is 0 Å². The lowest BCUT2D eigenvalue weighted by Crippen LogP contribution is -2.27. The highest BCUT2D eigenvalue weighted by atomic mass is 32.1. The zero-order valence-corrected chi connectivity index (χ0v) is 21.2. The molecule has 1 aliphatic rings. The van der Waals surface area contributed by atoms with Gasteiger partial charge in [0.2, 0.25) is 0 Å². The summed E-state index contributed by atoms with van der Waals surface area (Å²) >= 11 is 1.48. The standard InChI is InChI=1S/C26H30O6S/c1-9-31-23(29)15-11-13-14(12-16(15)24(30)32-10-2)20(28)18-17(19(13)27)21(25(3,4)5)33-22(18)26(6,7)8/h11-12H,9-10H2,1-8H3. The molecule has 0 amide bonds. The molecule has 0 spiro atoms. The van der Waals surface area contributed by atoms with Crippen molar-refractivity contribution in [3.05, 3.63) is 55.3 Å². The first-order chi connectivity index (χ1) is 15.2. The van der Waals surface area contributed by atoms with Gasteiger partial charge in [0.25, 0.3) is 0 Å². The zero-order chi connectivity index (χ0) is 24.9. The molecule has 2 aromatic rings. The van der Waals surface area contributed by atoms with Gasteiger partial charge < -0.3 is 9.47 Å². The molecule has 0 unspecified atom stereocenters. The Balaban J connectivity index is 2.36. The summed E-state index contributed by atoms with van der Waals surface area (Å²) in [5.74, 6) is -2.13. The van der Waals surface area contributed by atoms with Crippen LogP contribution >= 0.6 is 11.3 Å². The molecule has 176 valence electrons. The third-order valence-corrected chi connectivity index (χ3v) is 7.40. The smallest absolute Gasteiger partial charge is 0.339 e. The highest BCUT2D eigenvalue weighted by Gasteiger charge is 2.42. The van der Waals surface area contributed by atoms with Gasteiger partial charge in [0.1, 0.15) is 0 Å². The van der Waals surface area contributed by atoms with E-state index in [1.165, 1.54) is 23.5 Å². The predicted molar refractivity (Wildman–Crippen MR) is 127 cm³/mol. The Bertz CT molecular complexity index is 1080. The Hall–Kier alpha value is -2.80. The summed E-state index contributed by atoms with van der Waals surface area (Å²) in [5.41, 5.74) is 0.118. The van der Waals surface area contributed by atoms with Crippen molar-refractivity contribution >= 4 is 34.8 Å². The highest BCUT2D eigenvalue weighted by molar-refractivity contribution is 7.13. The number of benzene rings is 1. The minimum absolute atomic E-state index is 0.0813. The molecule has 0 aliphatic heterocycles. The second-order valence-electron chi connectivity index (χ2n) is 10.1. The summed E-state index contributed by atoms with van der Waals surface area (Å²) < 4.78 is 10.2. The molecule has 0 radical (unpaired) electrons. The summed E-state index contributed by atoms with van der Waals surface area (Å²) in [5, 5.41) is 0. The van der Waals surface area contributed by atoms with Crippen molar-refractivity contribution in [2.45, 2.75) is 66.2 Å². The molecular formula is C26H30O6S. The maximum Gasteiger partial charge on any atom is 0.339 e. The Labute approximate surface area is 198 Å². The van der Waals surface area contributed by atoms with Crippen LogP contribution in [-0.4, -0.2) is 36.7 Å². The van der Waals surface area contributed by atoms with Crippen LogP contribution in [0.3, 0.4) is 0 Å². The number of ether oxygens (including phenoxy) is 2. The van der Waals surface area contributed by atoms with E-state index in [0.717, 1.165) is 9.75 Å². The van der Waals surface area contributed by atoms with Gasteiger partial charge >= 0.3 is 11.9 Å². The van der Waals surface area contributed by atoms with E-state index >= 15 is 0 Å². The zero-order valence-electron chi connectivity index (χ0n) is 20.4. The van der Waals surface area contributed by atoms with Crippen LogP contribution < -0.4 is 0 Å². The molecule has 0 bridgehead atoms. The van der Waals surface area contributed by atoms with Gasteiger partial charge in [-0.1, -0.05) is 41.5 Å². The van der Waals surface area contributed by atoms with Crippen LogP contribution in [0.4, 0.5) is 0 Å². The van der Waals surface area contributed by atoms with Gasteiger partial charge in [0.15, 0.2) is 11.6 Å². The topological polar surface area (TPSA) is 86.7 Å². The number of hydrogen-bond donors (Lipinski definition) is 0. The van der Waals surface area contributed by atoms with Crippen molar-refractivity contribution in [3.63, 3.8) is 0 Å². The Morgan fingerprint density at radius 1 is 0.727 bits per heavy atom. The normalized spacial score (nSPS) is 13.5.